The lowest BCUT2D eigenvalue weighted by Crippen LogP contribution is -2.50. The van der Waals surface area contributed by atoms with Crippen molar-refractivity contribution in [3.63, 3.8) is 0 Å². The summed E-state index contributed by atoms with van der Waals surface area (Å²) in [5, 5.41) is 10.9. The molecule has 1 heterocycles. The van der Waals surface area contributed by atoms with Crippen molar-refractivity contribution in [2.75, 3.05) is 26.2 Å². The molecule has 0 aliphatic carbocycles. The van der Waals surface area contributed by atoms with Gasteiger partial charge in [0.15, 0.2) is 4.90 Å². The van der Waals surface area contributed by atoms with Gasteiger partial charge in [-0.2, -0.15) is 4.31 Å². The maximum absolute atomic E-state index is 13.9. The number of amides is 1. The lowest BCUT2D eigenvalue weighted by Gasteiger charge is -2.34. The Bertz CT molecular complexity index is 1060. The number of carbonyl (C=O) groups excluding carboxylic acids is 1. The molecule has 0 N–H and O–H groups in total. The second kappa shape index (κ2) is 7.84. The Morgan fingerprint density at radius 1 is 1.07 bits per heavy atom. The Kier molecular flexibility index (Phi) is 5.62. The third-order valence-electron chi connectivity index (χ3n) is 4.68. The molecule has 0 unspecified atom stereocenters. The van der Waals surface area contributed by atoms with Gasteiger partial charge in [0, 0.05) is 43.4 Å². The van der Waals surface area contributed by atoms with Crippen molar-refractivity contribution in [1.82, 2.24) is 9.21 Å². The zero-order chi connectivity index (χ0) is 21.3. The van der Waals surface area contributed by atoms with Crippen LogP contribution in [-0.4, -0.2) is 54.6 Å². The number of aryl methyl sites for hydroxylation is 1. The number of piperazine rings is 1. The molecule has 154 valence electrons. The Balaban J connectivity index is 1.74. The van der Waals surface area contributed by atoms with E-state index < -0.39 is 37.4 Å². The summed E-state index contributed by atoms with van der Waals surface area (Å²) in [5.41, 5.74) is 0.464. The summed E-state index contributed by atoms with van der Waals surface area (Å²) in [6.45, 7) is 1.29. The highest BCUT2D eigenvalue weighted by molar-refractivity contribution is 7.89. The van der Waals surface area contributed by atoms with Crippen LogP contribution in [-0.2, 0) is 10.0 Å². The second-order valence-electron chi connectivity index (χ2n) is 6.51. The number of nitrogens with zero attached hydrogens (tertiary/aromatic N) is 3. The van der Waals surface area contributed by atoms with E-state index in [1.54, 1.807) is 0 Å². The van der Waals surface area contributed by atoms with E-state index in [2.05, 4.69) is 0 Å². The summed E-state index contributed by atoms with van der Waals surface area (Å²) in [7, 11) is -4.39. The molecule has 29 heavy (non-hydrogen) atoms. The molecule has 1 saturated heterocycles. The number of halogens is 2. The third-order valence-corrected chi connectivity index (χ3v) is 6.63. The molecule has 0 atom stereocenters. The Morgan fingerprint density at radius 2 is 1.66 bits per heavy atom. The minimum absolute atomic E-state index is 0.0180. The molecular weight excluding hydrogens is 408 g/mol. The number of benzene rings is 2. The summed E-state index contributed by atoms with van der Waals surface area (Å²) in [5.74, 6) is -2.76. The average molecular weight is 425 g/mol. The van der Waals surface area contributed by atoms with Gasteiger partial charge in [0.1, 0.15) is 11.6 Å². The molecule has 1 aliphatic heterocycles. The summed E-state index contributed by atoms with van der Waals surface area (Å²) in [4.78, 5) is 23.4. The van der Waals surface area contributed by atoms with Crippen LogP contribution >= 0.6 is 0 Å². The molecule has 2 aromatic rings. The van der Waals surface area contributed by atoms with Gasteiger partial charge < -0.3 is 4.90 Å². The largest absolute Gasteiger partial charge is 0.336 e. The van der Waals surface area contributed by atoms with Crippen LogP contribution in [0.15, 0.2) is 41.3 Å². The van der Waals surface area contributed by atoms with Gasteiger partial charge in [0.25, 0.3) is 11.6 Å². The molecule has 0 spiro atoms. The zero-order valence-corrected chi connectivity index (χ0v) is 16.2. The van der Waals surface area contributed by atoms with Crippen LogP contribution in [0.1, 0.15) is 15.9 Å². The highest BCUT2D eigenvalue weighted by Crippen LogP contribution is 2.24. The number of sulfonamides is 1. The molecule has 0 bridgehead atoms. The van der Waals surface area contributed by atoms with E-state index in [0.717, 1.165) is 22.5 Å². The number of nitro groups is 1. The summed E-state index contributed by atoms with van der Waals surface area (Å²) in [6, 6.07) is 6.79. The first-order valence-electron chi connectivity index (χ1n) is 8.61. The molecule has 1 aliphatic rings. The summed E-state index contributed by atoms with van der Waals surface area (Å²) in [6.07, 6.45) is 0. The minimum Gasteiger partial charge on any atom is -0.336 e. The average Bonchev–Trinajstić information content (AvgIpc) is 2.67. The topological polar surface area (TPSA) is 101 Å². The van der Waals surface area contributed by atoms with Crippen LogP contribution in [0.25, 0.3) is 0 Å². The lowest BCUT2D eigenvalue weighted by atomic mass is 10.1. The first kappa shape index (κ1) is 20.8. The summed E-state index contributed by atoms with van der Waals surface area (Å²) < 4.78 is 53.9. The molecule has 3 rings (SSSR count). The molecule has 1 fully saturated rings. The van der Waals surface area contributed by atoms with Gasteiger partial charge in [-0.05, 0) is 31.2 Å². The lowest BCUT2D eigenvalue weighted by molar-refractivity contribution is -0.385. The monoisotopic (exact) mass is 425 g/mol. The fourth-order valence-corrected chi connectivity index (χ4v) is 4.70. The first-order valence-corrected chi connectivity index (χ1v) is 10.1. The van der Waals surface area contributed by atoms with Gasteiger partial charge in [-0.25, -0.2) is 17.2 Å². The third kappa shape index (κ3) is 3.96. The molecule has 11 heteroatoms. The van der Waals surface area contributed by atoms with Gasteiger partial charge >= 0.3 is 0 Å². The zero-order valence-electron chi connectivity index (χ0n) is 15.3. The Hall–Kier alpha value is -2.92. The maximum Gasteiger partial charge on any atom is 0.272 e. The Morgan fingerprint density at radius 3 is 2.17 bits per heavy atom. The van der Waals surface area contributed by atoms with Crippen molar-refractivity contribution >= 4 is 21.6 Å². The fraction of sp³-hybridized carbons (Fsp3) is 0.278. The van der Waals surface area contributed by atoms with Crippen LogP contribution in [0.3, 0.4) is 0 Å². The van der Waals surface area contributed by atoms with E-state index >= 15 is 0 Å². The van der Waals surface area contributed by atoms with Crippen molar-refractivity contribution in [3.8, 4) is 0 Å². The predicted octanol–water partition coefficient (Wildman–Crippen LogP) is 2.33. The van der Waals surface area contributed by atoms with Crippen LogP contribution in [0.2, 0.25) is 0 Å². The standard InChI is InChI=1S/C18H17F2N3O5S/c1-12-11-13(5-6-16(12)23(25)26)18(24)21-7-9-22(10-8-21)29(27,28)17-14(19)3-2-4-15(17)20/h2-6,11H,7-10H2,1H3. The number of rotatable bonds is 4. The van der Waals surface area contributed by atoms with Crippen LogP contribution in [0.5, 0.6) is 0 Å². The van der Waals surface area contributed by atoms with E-state index in [-0.39, 0.29) is 37.4 Å². The normalized spacial score (nSPS) is 15.3. The Labute approximate surface area is 165 Å². The smallest absolute Gasteiger partial charge is 0.272 e. The first-order chi connectivity index (χ1) is 13.6. The van der Waals surface area contributed by atoms with Gasteiger partial charge in [-0.3, -0.25) is 14.9 Å². The highest BCUT2D eigenvalue weighted by Gasteiger charge is 2.34. The van der Waals surface area contributed by atoms with Crippen molar-refractivity contribution in [3.05, 3.63) is 69.3 Å². The van der Waals surface area contributed by atoms with Crippen molar-refractivity contribution < 1.29 is 26.9 Å². The molecular formula is C18H17F2N3O5S. The highest BCUT2D eigenvalue weighted by atomic mass is 32.2. The van der Waals surface area contributed by atoms with Gasteiger partial charge in [0.05, 0.1) is 4.92 Å². The van der Waals surface area contributed by atoms with E-state index in [1.807, 2.05) is 0 Å². The molecule has 1 amide bonds. The van der Waals surface area contributed by atoms with E-state index in [0.29, 0.717) is 5.56 Å². The number of hydrogen-bond donors (Lipinski definition) is 0. The minimum atomic E-state index is -4.39. The molecule has 2 aromatic carbocycles. The van der Waals surface area contributed by atoms with E-state index in [1.165, 1.54) is 30.0 Å². The number of carbonyl (C=O) groups is 1. The maximum atomic E-state index is 13.9. The van der Waals surface area contributed by atoms with Gasteiger partial charge in [-0.1, -0.05) is 6.07 Å². The van der Waals surface area contributed by atoms with Crippen LogP contribution in [0, 0.1) is 28.7 Å². The second-order valence-corrected chi connectivity index (χ2v) is 8.38. The van der Waals surface area contributed by atoms with Crippen LogP contribution < -0.4 is 0 Å². The molecule has 0 aromatic heterocycles. The van der Waals surface area contributed by atoms with Crippen molar-refractivity contribution in [2.45, 2.75) is 11.8 Å². The molecule has 8 nitrogen and oxygen atoms in total. The predicted molar refractivity (Wildman–Crippen MR) is 98.9 cm³/mol. The molecule has 0 saturated carbocycles. The SMILES string of the molecule is Cc1cc(C(=O)N2CCN(S(=O)(=O)c3c(F)cccc3F)CC2)ccc1[N+](=O)[O-]. The number of nitro benzene ring substituents is 1. The molecule has 0 radical (unpaired) electrons. The number of hydrogen-bond acceptors (Lipinski definition) is 5. The fourth-order valence-electron chi connectivity index (χ4n) is 3.17. The van der Waals surface area contributed by atoms with Gasteiger partial charge in [0.2, 0.25) is 10.0 Å². The van der Waals surface area contributed by atoms with Crippen LogP contribution in [0.4, 0.5) is 14.5 Å². The van der Waals surface area contributed by atoms with Gasteiger partial charge in [-0.15, -0.1) is 0 Å². The van der Waals surface area contributed by atoms with E-state index in [4.69, 9.17) is 0 Å². The van der Waals surface area contributed by atoms with Crippen molar-refractivity contribution in [2.24, 2.45) is 0 Å². The van der Waals surface area contributed by atoms with Crippen molar-refractivity contribution in [1.29, 1.82) is 0 Å². The van der Waals surface area contributed by atoms with E-state index in [9.17, 15) is 32.1 Å². The quantitative estimate of drug-likeness (QED) is 0.553. The summed E-state index contributed by atoms with van der Waals surface area (Å²) >= 11 is 0.